The Morgan fingerprint density at radius 2 is 1.15 bits per heavy atom. The number of aromatic nitrogens is 2. The molecule has 0 fully saturated rings. The molecule has 0 N–H and O–H groups in total. The Morgan fingerprint density at radius 3 is 1.78 bits per heavy atom. The molecule has 0 saturated heterocycles. The topological polar surface area (TPSA) is 33.6 Å². The first-order chi connectivity index (χ1) is 21.7. The lowest BCUT2D eigenvalue weighted by Crippen LogP contribution is -2.14. The molecule has 0 atom stereocenters. The third kappa shape index (κ3) is 4.29. The van der Waals surface area contributed by atoms with Gasteiger partial charge in [-0.1, -0.05) is 48.5 Å². The molecule has 2 heterocycles. The maximum Gasteiger partial charge on any atom is 0.418 e. The molecule has 2 aromatic heterocycles. The zero-order valence-electron chi connectivity index (χ0n) is 23.0. The number of hydrogen-bond acceptors (Lipinski definition) is 1. The van der Waals surface area contributed by atoms with Crippen molar-refractivity contribution in [2.75, 3.05) is 0 Å². The number of fused-ring (bicyclic) bond motifs is 7. The van der Waals surface area contributed by atoms with Crippen LogP contribution in [0.3, 0.4) is 0 Å². The van der Waals surface area contributed by atoms with Gasteiger partial charge in [0.1, 0.15) is 6.07 Å². The van der Waals surface area contributed by atoms with Gasteiger partial charge in [0.05, 0.1) is 55.7 Å². The number of hydrogen-bond donors (Lipinski definition) is 0. The zero-order valence-corrected chi connectivity index (χ0v) is 23.0. The Hall–Kier alpha value is -5.44. The highest BCUT2D eigenvalue weighted by Gasteiger charge is 2.40. The Bertz CT molecular complexity index is 2400. The van der Waals surface area contributed by atoms with Crippen LogP contribution < -0.4 is 0 Å². The van der Waals surface area contributed by atoms with Gasteiger partial charge in [-0.15, -0.1) is 0 Å². The fourth-order valence-corrected chi connectivity index (χ4v) is 6.24. The number of rotatable bonds is 2. The summed E-state index contributed by atoms with van der Waals surface area (Å²) < 4.78 is 130. The summed E-state index contributed by atoms with van der Waals surface area (Å²) in [5.41, 5.74) is -4.72. The molecule has 0 saturated carbocycles. The van der Waals surface area contributed by atoms with Crippen LogP contribution in [0, 0.1) is 11.3 Å². The highest BCUT2D eigenvalue weighted by Crippen LogP contribution is 2.46. The highest BCUT2D eigenvalue weighted by molar-refractivity contribution is 6.26. The number of para-hydroxylation sites is 3. The monoisotopic (exact) mass is 637 g/mol. The van der Waals surface area contributed by atoms with Crippen molar-refractivity contribution in [1.29, 1.82) is 5.26 Å². The van der Waals surface area contributed by atoms with Gasteiger partial charge < -0.3 is 9.13 Å². The van der Waals surface area contributed by atoms with E-state index in [1.165, 1.54) is 33.4 Å². The molecule has 7 aromatic rings. The van der Waals surface area contributed by atoms with Crippen LogP contribution >= 0.6 is 0 Å². The fraction of sp³-hybridized carbons (Fsp3) is 0.0882. The van der Waals surface area contributed by atoms with Gasteiger partial charge in [-0.2, -0.15) is 44.8 Å². The third-order valence-electron chi connectivity index (χ3n) is 8.03. The lowest BCUT2D eigenvalue weighted by atomic mass is 10.1. The number of benzene rings is 5. The number of alkyl halides is 9. The summed E-state index contributed by atoms with van der Waals surface area (Å²) in [5.74, 6) is 0. The van der Waals surface area contributed by atoms with Gasteiger partial charge in [-0.25, -0.2) is 0 Å². The van der Waals surface area contributed by atoms with E-state index in [0.717, 1.165) is 18.2 Å². The molecule has 7 rings (SSSR count). The number of halogens is 9. The Morgan fingerprint density at radius 1 is 0.522 bits per heavy atom. The Labute approximate surface area is 252 Å². The molecule has 0 amide bonds. The SMILES string of the molecule is N#Cc1cccc(C(F)(F)F)c1-n1c2ccccc2c2c1ccc1c3ccccc3n(-c3ccc(C(F)(F)F)cc3C(F)(F)F)c12. The largest absolute Gasteiger partial charge is 0.418 e. The molecular formula is C34H16F9N3. The van der Waals surface area contributed by atoms with Gasteiger partial charge in [0.2, 0.25) is 0 Å². The smallest absolute Gasteiger partial charge is 0.308 e. The fourth-order valence-electron chi connectivity index (χ4n) is 6.24. The Kier molecular flexibility index (Phi) is 6.22. The normalized spacial score (nSPS) is 12.9. The molecular weight excluding hydrogens is 621 g/mol. The van der Waals surface area contributed by atoms with Crippen LogP contribution in [0.25, 0.3) is 55.0 Å². The number of nitrogens with zero attached hydrogens (tertiary/aromatic N) is 3. The van der Waals surface area contributed by atoms with E-state index in [2.05, 4.69) is 0 Å². The molecule has 0 aliphatic carbocycles. The highest BCUT2D eigenvalue weighted by atomic mass is 19.4. The Balaban J connectivity index is 1.73. The summed E-state index contributed by atoms with van der Waals surface area (Å²) in [5, 5.41) is 11.4. The third-order valence-corrected chi connectivity index (χ3v) is 8.03. The van der Waals surface area contributed by atoms with E-state index in [0.29, 0.717) is 22.2 Å². The van der Waals surface area contributed by atoms with Crippen LogP contribution in [0.2, 0.25) is 0 Å². The van der Waals surface area contributed by atoms with Crippen LogP contribution in [-0.4, -0.2) is 9.13 Å². The molecule has 12 heteroatoms. The summed E-state index contributed by atoms with van der Waals surface area (Å²) in [4.78, 5) is 0. The maximum absolute atomic E-state index is 14.5. The van der Waals surface area contributed by atoms with Crippen molar-refractivity contribution in [2.24, 2.45) is 0 Å². The van der Waals surface area contributed by atoms with Crippen molar-refractivity contribution in [3.63, 3.8) is 0 Å². The average molecular weight is 638 g/mol. The molecule has 5 aromatic carbocycles. The minimum absolute atomic E-state index is 0.0537. The van der Waals surface area contributed by atoms with Crippen molar-refractivity contribution in [3.8, 4) is 17.4 Å². The molecule has 230 valence electrons. The second-order valence-electron chi connectivity index (χ2n) is 10.6. The van der Waals surface area contributed by atoms with E-state index < -0.39 is 46.6 Å². The van der Waals surface area contributed by atoms with Crippen molar-refractivity contribution in [2.45, 2.75) is 18.5 Å². The number of nitriles is 1. The summed E-state index contributed by atoms with van der Waals surface area (Å²) in [7, 11) is 0. The first kappa shape index (κ1) is 29.3. The average Bonchev–Trinajstić information content (AvgIpc) is 3.51. The lowest BCUT2D eigenvalue weighted by Gasteiger charge is -2.19. The quantitative estimate of drug-likeness (QED) is 0.174. The summed E-state index contributed by atoms with van der Waals surface area (Å²) in [6, 6.07) is 22.1. The summed E-state index contributed by atoms with van der Waals surface area (Å²) >= 11 is 0. The van der Waals surface area contributed by atoms with Gasteiger partial charge >= 0.3 is 18.5 Å². The molecule has 0 radical (unpaired) electrons. The molecule has 3 nitrogen and oxygen atoms in total. The van der Waals surface area contributed by atoms with Crippen LogP contribution in [0.4, 0.5) is 39.5 Å². The lowest BCUT2D eigenvalue weighted by molar-refractivity contribution is -0.143. The van der Waals surface area contributed by atoms with E-state index in [1.807, 2.05) is 6.07 Å². The second-order valence-corrected chi connectivity index (χ2v) is 10.6. The first-order valence-corrected chi connectivity index (χ1v) is 13.6. The second kappa shape index (κ2) is 9.78. The molecule has 0 unspecified atom stereocenters. The van der Waals surface area contributed by atoms with Gasteiger partial charge in [0.25, 0.3) is 0 Å². The van der Waals surface area contributed by atoms with Crippen molar-refractivity contribution < 1.29 is 39.5 Å². The maximum atomic E-state index is 14.5. The standard InChI is InChI=1S/C34H16F9N3/c35-32(36,37)19-12-14-27(24(16-19)34(41,42)43)45-25-10-3-1-7-20(25)21-13-15-28-29(31(21)45)22-8-2-4-11-26(22)46(28)30-18(17-44)6-5-9-23(30)33(38,39)40/h1-16H. The summed E-state index contributed by atoms with van der Waals surface area (Å²) in [6.07, 6.45) is -15.1. The van der Waals surface area contributed by atoms with Crippen LogP contribution in [0.5, 0.6) is 0 Å². The molecule has 0 aliphatic heterocycles. The van der Waals surface area contributed by atoms with E-state index in [-0.39, 0.29) is 39.1 Å². The van der Waals surface area contributed by atoms with Gasteiger partial charge in [0.15, 0.2) is 0 Å². The van der Waals surface area contributed by atoms with Gasteiger partial charge in [-0.3, -0.25) is 0 Å². The van der Waals surface area contributed by atoms with Crippen LogP contribution in [0.1, 0.15) is 22.3 Å². The van der Waals surface area contributed by atoms with Crippen molar-refractivity contribution >= 4 is 43.6 Å². The molecule has 46 heavy (non-hydrogen) atoms. The molecule has 0 aliphatic rings. The van der Waals surface area contributed by atoms with E-state index >= 15 is 0 Å². The predicted molar refractivity (Wildman–Crippen MR) is 155 cm³/mol. The van der Waals surface area contributed by atoms with E-state index in [1.54, 1.807) is 42.5 Å². The van der Waals surface area contributed by atoms with Gasteiger partial charge in [0, 0.05) is 21.5 Å². The first-order valence-electron chi connectivity index (χ1n) is 13.6. The van der Waals surface area contributed by atoms with Crippen LogP contribution in [0.15, 0.2) is 97.1 Å². The summed E-state index contributed by atoms with van der Waals surface area (Å²) in [6.45, 7) is 0. The van der Waals surface area contributed by atoms with E-state index in [4.69, 9.17) is 0 Å². The van der Waals surface area contributed by atoms with Gasteiger partial charge in [-0.05, 0) is 48.5 Å². The van der Waals surface area contributed by atoms with Crippen molar-refractivity contribution in [3.05, 3.63) is 119 Å². The molecule has 0 bridgehead atoms. The van der Waals surface area contributed by atoms with Crippen molar-refractivity contribution in [1.82, 2.24) is 9.13 Å². The minimum Gasteiger partial charge on any atom is -0.308 e. The van der Waals surface area contributed by atoms with E-state index in [9.17, 15) is 44.8 Å². The van der Waals surface area contributed by atoms with Crippen LogP contribution in [-0.2, 0) is 18.5 Å². The zero-order chi connectivity index (χ0) is 32.8. The predicted octanol–water partition coefficient (Wildman–Crippen LogP) is 10.8. The minimum atomic E-state index is -5.20. The molecule has 0 spiro atoms.